The summed E-state index contributed by atoms with van der Waals surface area (Å²) in [6, 6.07) is 13.3. The highest BCUT2D eigenvalue weighted by atomic mass is 32.2. The van der Waals surface area contributed by atoms with Gasteiger partial charge in [0.15, 0.2) is 0 Å². The number of benzene rings is 2. The molecule has 2 amide bonds. The van der Waals surface area contributed by atoms with Crippen LogP contribution in [0.25, 0.3) is 0 Å². The minimum atomic E-state index is -3.83. The molecule has 0 saturated heterocycles. The highest BCUT2D eigenvalue weighted by Gasteiger charge is 2.29. The van der Waals surface area contributed by atoms with Crippen molar-refractivity contribution in [3.63, 3.8) is 0 Å². The molecule has 0 aliphatic carbocycles. The molecule has 7 nitrogen and oxygen atoms in total. The van der Waals surface area contributed by atoms with Gasteiger partial charge in [0.1, 0.15) is 6.04 Å². The SMILES string of the molecule is CNC(=O)[C@@H](C)N(Cc1ccc(C)cc1)C(=O)CN(C)S(=O)(=O)c1ccc(C)cc1. The molecule has 0 saturated carbocycles. The third kappa shape index (κ3) is 5.67. The summed E-state index contributed by atoms with van der Waals surface area (Å²) in [7, 11) is -0.965. The van der Waals surface area contributed by atoms with Crippen LogP contribution in [0.2, 0.25) is 0 Å². The molecule has 0 radical (unpaired) electrons. The maximum atomic E-state index is 13.1. The fourth-order valence-electron chi connectivity index (χ4n) is 2.94. The summed E-state index contributed by atoms with van der Waals surface area (Å²) in [6.45, 7) is 5.28. The Kier molecular flexibility index (Phi) is 7.75. The molecule has 2 rings (SSSR count). The van der Waals surface area contributed by atoms with Gasteiger partial charge in [0, 0.05) is 20.6 Å². The highest BCUT2D eigenvalue weighted by Crippen LogP contribution is 2.17. The van der Waals surface area contributed by atoms with Crippen molar-refractivity contribution in [3.8, 4) is 0 Å². The van der Waals surface area contributed by atoms with Crippen molar-refractivity contribution in [2.45, 2.75) is 38.3 Å². The number of likely N-dealkylation sites (N-methyl/N-ethyl adjacent to an activating group) is 2. The minimum Gasteiger partial charge on any atom is -0.357 e. The van der Waals surface area contributed by atoms with Gasteiger partial charge in [-0.1, -0.05) is 47.5 Å². The summed E-state index contributed by atoms with van der Waals surface area (Å²) in [5.74, 6) is -0.774. The molecule has 1 N–H and O–H groups in total. The molecule has 0 spiro atoms. The van der Waals surface area contributed by atoms with Crippen molar-refractivity contribution in [3.05, 3.63) is 65.2 Å². The van der Waals surface area contributed by atoms with E-state index in [1.807, 2.05) is 38.1 Å². The Morgan fingerprint density at radius 1 is 0.967 bits per heavy atom. The number of hydrogen-bond acceptors (Lipinski definition) is 4. The summed E-state index contributed by atoms with van der Waals surface area (Å²) < 4.78 is 26.7. The lowest BCUT2D eigenvalue weighted by atomic mass is 10.1. The van der Waals surface area contributed by atoms with Crippen molar-refractivity contribution >= 4 is 21.8 Å². The highest BCUT2D eigenvalue weighted by molar-refractivity contribution is 7.89. The standard InChI is InChI=1S/C22H29N3O4S/c1-16-6-10-19(11-7-16)14-25(18(3)22(27)23-4)21(26)15-24(5)30(28,29)20-12-8-17(2)9-13-20/h6-13,18H,14-15H2,1-5H3,(H,23,27)/t18-/m1/s1. The van der Waals surface area contributed by atoms with Gasteiger partial charge in [-0.25, -0.2) is 8.42 Å². The van der Waals surface area contributed by atoms with E-state index >= 15 is 0 Å². The van der Waals surface area contributed by atoms with E-state index in [9.17, 15) is 18.0 Å². The van der Waals surface area contributed by atoms with Gasteiger partial charge in [-0.2, -0.15) is 4.31 Å². The predicted octanol–water partition coefficient (Wildman–Crippen LogP) is 2.09. The van der Waals surface area contributed by atoms with Crippen LogP contribution in [0.4, 0.5) is 0 Å². The molecule has 30 heavy (non-hydrogen) atoms. The lowest BCUT2D eigenvalue weighted by Crippen LogP contribution is -2.50. The number of carbonyl (C=O) groups is 2. The number of nitrogens with zero attached hydrogens (tertiary/aromatic N) is 2. The van der Waals surface area contributed by atoms with Crippen LogP contribution in [-0.2, 0) is 26.2 Å². The average Bonchev–Trinajstić information content (AvgIpc) is 2.72. The zero-order valence-corrected chi connectivity index (χ0v) is 18.9. The molecule has 0 unspecified atom stereocenters. The number of carbonyl (C=O) groups excluding carboxylic acids is 2. The molecule has 2 aromatic rings. The van der Waals surface area contributed by atoms with E-state index in [2.05, 4.69) is 5.32 Å². The van der Waals surface area contributed by atoms with Crippen molar-refractivity contribution in [2.24, 2.45) is 0 Å². The third-order valence-electron chi connectivity index (χ3n) is 4.97. The Hall–Kier alpha value is -2.71. The number of hydrogen-bond donors (Lipinski definition) is 1. The molecule has 0 bridgehead atoms. The largest absolute Gasteiger partial charge is 0.357 e. The van der Waals surface area contributed by atoms with E-state index in [1.54, 1.807) is 19.1 Å². The Morgan fingerprint density at radius 3 is 1.97 bits per heavy atom. The minimum absolute atomic E-state index is 0.118. The third-order valence-corrected chi connectivity index (χ3v) is 6.79. The van der Waals surface area contributed by atoms with Gasteiger partial charge < -0.3 is 10.2 Å². The number of rotatable bonds is 8. The van der Waals surface area contributed by atoms with E-state index in [4.69, 9.17) is 0 Å². The fraction of sp³-hybridized carbons (Fsp3) is 0.364. The van der Waals surface area contributed by atoms with E-state index in [0.29, 0.717) is 0 Å². The maximum Gasteiger partial charge on any atom is 0.243 e. The van der Waals surface area contributed by atoms with Gasteiger partial charge in [0.2, 0.25) is 21.8 Å². The van der Waals surface area contributed by atoms with Crippen LogP contribution < -0.4 is 5.32 Å². The first kappa shape index (κ1) is 23.6. The zero-order valence-electron chi connectivity index (χ0n) is 18.0. The van der Waals surface area contributed by atoms with Crippen LogP contribution in [0.5, 0.6) is 0 Å². The average molecular weight is 432 g/mol. The van der Waals surface area contributed by atoms with Crippen LogP contribution in [0.3, 0.4) is 0 Å². The van der Waals surface area contributed by atoms with Crippen molar-refractivity contribution in [1.29, 1.82) is 0 Å². The second kappa shape index (κ2) is 9.86. The Morgan fingerprint density at radius 2 is 1.47 bits per heavy atom. The molecule has 2 aromatic carbocycles. The Balaban J connectivity index is 2.24. The fourth-order valence-corrected chi connectivity index (χ4v) is 4.06. The number of sulfonamides is 1. The van der Waals surface area contributed by atoms with Crippen molar-refractivity contribution in [2.75, 3.05) is 20.6 Å². The molecule has 0 heterocycles. The van der Waals surface area contributed by atoms with Gasteiger partial charge in [0.05, 0.1) is 11.4 Å². The van der Waals surface area contributed by atoms with Gasteiger partial charge in [-0.15, -0.1) is 0 Å². The van der Waals surface area contributed by atoms with E-state index < -0.39 is 22.0 Å². The maximum absolute atomic E-state index is 13.1. The van der Waals surface area contributed by atoms with Gasteiger partial charge >= 0.3 is 0 Å². The normalized spacial score (nSPS) is 12.5. The van der Waals surface area contributed by atoms with Crippen LogP contribution in [-0.4, -0.2) is 56.1 Å². The quantitative estimate of drug-likeness (QED) is 0.693. The van der Waals surface area contributed by atoms with Crippen LogP contribution in [0.15, 0.2) is 53.4 Å². The van der Waals surface area contributed by atoms with Crippen LogP contribution >= 0.6 is 0 Å². The van der Waals surface area contributed by atoms with Gasteiger partial charge in [0.25, 0.3) is 0 Å². The van der Waals surface area contributed by atoms with E-state index in [-0.39, 0.29) is 23.9 Å². The second-order valence-corrected chi connectivity index (χ2v) is 9.42. The predicted molar refractivity (Wildman–Crippen MR) is 116 cm³/mol. The first-order valence-electron chi connectivity index (χ1n) is 9.66. The molecule has 0 aromatic heterocycles. The van der Waals surface area contributed by atoms with Gasteiger partial charge in [-0.3, -0.25) is 9.59 Å². The molecule has 0 aliphatic rings. The second-order valence-electron chi connectivity index (χ2n) is 7.37. The summed E-state index contributed by atoms with van der Waals surface area (Å²) in [5, 5.41) is 2.54. The first-order chi connectivity index (χ1) is 14.1. The monoisotopic (exact) mass is 431 g/mol. The molecule has 1 atom stereocenters. The molecule has 0 aliphatic heterocycles. The smallest absolute Gasteiger partial charge is 0.243 e. The topological polar surface area (TPSA) is 86.8 Å². The molecule has 162 valence electrons. The van der Waals surface area contributed by atoms with E-state index in [1.165, 1.54) is 31.1 Å². The summed E-state index contributed by atoms with van der Waals surface area (Å²) in [5.41, 5.74) is 2.88. The molecule has 8 heteroatoms. The van der Waals surface area contributed by atoms with Crippen molar-refractivity contribution < 1.29 is 18.0 Å². The molecular formula is C22H29N3O4S. The van der Waals surface area contributed by atoms with Crippen molar-refractivity contribution in [1.82, 2.24) is 14.5 Å². The van der Waals surface area contributed by atoms with Crippen LogP contribution in [0.1, 0.15) is 23.6 Å². The number of amides is 2. The number of aryl methyl sites for hydroxylation is 2. The Bertz CT molecular complexity index is 986. The van der Waals surface area contributed by atoms with Gasteiger partial charge in [-0.05, 0) is 38.5 Å². The summed E-state index contributed by atoms with van der Waals surface area (Å²) in [6.07, 6.45) is 0. The molecular weight excluding hydrogens is 402 g/mol. The lowest BCUT2D eigenvalue weighted by molar-refractivity contribution is -0.140. The Labute approximate surface area is 178 Å². The number of nitrogens with one attached hydrogen (secondary N) is 1. The summed E-state index contributed by atoms with van der Waals surface area (Å²) in [4.78, 5) is 26.8. The summed E-state index contributed by atoms with van der Waals surface area (Å²) >= 11 is 0. The molecule has 0 fully saturated rings. The lowest BCUT2D eigenvalue weighted by Gasteiger charge is -2.30. The zero-order chi connectivity index (χ0) is 22.5. The van der Waals surface area contributed by atoms with Crippen LogP contribution in [0, 0.1) is 13.8 Å². The van der Waals surface area contributed by atoms with E-state index in [0.717, 1.165) is 21.0 Å². The first-order valence-corrected chi connectivity index (χ1v) is 11.1.